The fourth-order valence-corrected chi connectivity index (χ4v) is 2.24. The van der Waals surface area contributed by atoms with Crippen molar-refractivity contribution in [1.29, 1.82) is 0 Å². The quantitative estimate of drug-likeness (QED) is 0.843. The average molecular weight is 219 g/mol. The Bertz CT molecular complexity index is 332. The summed E-state index contributed by atoms with van der Waals surface area (Å²) in [6.07, 6.45) is 4.15. The standard InChI is InChI=1S/C13H21N3/c1-10-5-6-16(9-10)13-4-3-12(8-15-13)7-11(2)14/h3-4,8,10-11H,5-7,9,14H2,1-2H3. The molecule has 1 fully saturated rings. The maximum atomic E-state index is 5.76. The third kappa shape index (κ3) is 2.73. The van der Waals surface area contributed by atoms with E-state index in [1.807, 2.05) is 13.1 Å². The number of aromatic nitrogens is 1. The van der Waals surface area contributed by atoms with Gasteiger partial charge < -0.3 is 10.6 Å². The second-order valence-electron chi connectivity index (χ2n) is 5.05. The SMILES string of the molecule is CC(N)Cc1ccc(N2CCC(C)C2)nc1. The van der Waals surface area contributed by atoms with Crippen LogP contribution in [0.4, 0.5) is 5.82 Å². The first-order valence-corrected chi connectivity index (χ1v) is 6.10. The van der Waals surface area contributed by atoms with Crippen molar-refractivity contribution in [3.63, 3.8) is 0 Å². The van der Waals surface area contributed by atoms with Crippen LogP contribution in [0.1, 0.15) is 25.8 Å². The Balaban J connectivity index is 2.02. The molecule has 1 saturated heterocycles. The average Bonchev–Trinajstić information content (AvgIpc) is 2.65. The van der Waals surface area contributed by atoms with Gasteiger partial charge in [-0.2, -0.15) is 0 Å². The third-order valence-corrected chi connectivity index (χ3v) is 3.11. The van der Waals surface area contributed by atoms with Crippen molar-refractivity contribution >= 4 is 5.82 Å². The van der Waals surface area contributed by atoms with Crippen molar-refractivity contribution in [2.45, 2.75) is 32.7 Å². The van der Waals surface area contributed by atoms with Crippen LogP contribution < -0.4 is 10.6 Å². The first-order valence-electron chi connectivity index (χ1n) is 6.10. The summed E-state index contributed by atoms with van der Waals surface area (Å²) in [5.74, 6) is 1.91. The van der Waals surface area contributed by atoms with E-state index in [1.165, 1.54) is 12.0 Å². The largest absolute Gasteiger partial charge is 0.356 e. The molecule has 2 rings (SSSR count). The van der Waals surface area contributed by atoms with Crippen LogP contribution in [0.2, 0.25) is 0 Å². The Labute approximate surface area is 97.7 Å². The lowest BCUT2D eigenvalue weighted by molar-refractivity contribution is 0.659. The molecule has 0 aliphatic carbocycles. The van der Waals surface area contributed by atoms with Gasteiger partial charge >= 0.3 is 0 Å². The highest BCUT2D eigenvalue weighted by Crippen LogP contribution is 2.21. The summed E-state index contributed by atoms with van der Waals surface area (Å²) in [5, 5.41) is 0. The molecule has 1 aromatic rings. The molecule has 3 heteroatoms. The van der Waals surface area contributed by atoms with E-state index in [0.717, 1.165) is 31.2 Å². The molecule has 16 heavy (non-hydrogen) atoms. The van der Waals surface area contributed by atoms with Gasteiger partial charge in [0, 0.05) is 25.3 Å². The molecule has 88 valence electrons. The number of rotatable bonds is 3. The summed E-state index contributed by atoms with van der Waals surface area (Å²) in [6.45, 7) is 6.60. The first-order chi connectivity index (χ1) is 7.65. The molecular formula is C13H21N3. The van der Waals surface area contributed by atoms with Gasteiger partial charge in [-0.3, -0.25) is 0 Å². The molecule has 0 aromatic carbocycles. The number of anilines is 1. The lowest BCUT2D eigenvalue weighted by Gasteiger charge is -2.17. The molecule has 3 nitrogen and oxygen atoms in total. The zero-order valence-corrected chi connectivity index (χ0v) is 10.2. The Hall–Kier alpha value is -1.09. The smallest absolute Gasteiger partial charge is 0.128 e. The van der Waals surface area contributed by atoms with Gasteiger partial charge in [0.05, 0.1) is 0 Å². The van der Waals surface area contributed by atoms with Gasteiger partial charge in [0.1, 0.15) is 5.82 Å². The van der Waals surface area contributed by atoms with Gasteiger partial charge in [-0.15, -0.1) is 0 Å². The molecule has 0 saturated carbocycles. The molecular weight excluding hydrogens is 198 g/mol. The summed E-state index contributed by atoms with van der Waals surface area (Å²) in [7, 11) is 0. The molecule has 0 radical (unpaired) electrons. The maximum absolute atomic E-state index is 5.76. The van der Waals surface area contributed by atoms with E-state index >= 15 is 0 Å². The van der Waals surface area contributed by atoms with E-state index in [2.05, 4.69) is 28.9 Å². The second-order valence-corrected chi connectivity index (χ2v) is 5.05. The third-order valence-electron chi connectivity index (χ3n) is 3.11. The van der Waals surface area contributed by atoms with Crippen LogP contribution >= 0.6 is 0 Å². The van der Waals surface area contributed by atoms with Gasteiger partial charge in [-0.1, -0.05) is 13.0 Å². The monoisotopic (exact) mass is 219 g/mol. The summed E-state index contributed by atoms with van der Waals surface area (Å²) in [4.78, 5) is 6.88. The highest BCUT2D eigenvalue weighted by Gasteiger charge is 2.19. The van der Waals surface area contributed by atoms with E-state index in [9.17, 15) is 0 Å². The summed E-state index contributed by atoms with van der Waals surface area (Å²) < 4.78 is 0. The van der Waals surface area contributed by atoms with E-state index < -0.39 is 0 Å². The molecule has 0 spiro atoms. The molecule has 2 N–H and O–H groups in total. The molecule has 2 heterocycles. The van der Waals surface area contributed by atoms with Gasteiger partial charge in [0.2, 0.25) is 0 Å². The van der Waals surface area contributed by atoms with Crippen LogP contribution in [0.5, 0.6) is 0 Å². The van der Waals surface area contributed by atoms with E-state index in [4.69, 9.17) is 5.73 Å². The number of nitrogens with two attached hydrogens (primary N) is 1. The predicted molar refractivity (Wildman–Crippen MR) is 67.6 cm³/mol. The summed E-state index contributed by atoms with van der Waals surface area (Å²) in [5.41, 5.74) is 6.99. The molecule has 2 atom stereocenters. The second kappa shape index (κ2) is 4.83. The van der Waals surface area contributed by atoms with Crippen LogP contribution in [0.25, 0.3) is 0 Å². The van der Waals surface area contributed by atoms with Crippen molar-refractivity contribution < 1.29 is 0 Å². The van der Waals surface area contributed by atoms with Crippen molar-refractivity contribution in [3.05, 3.63) is 23.9 Å². The molecule has 0 bridgehead atoms. The molecule has 0 amide bonds. The van der Waals surface area contributed by atoms with Crippen molar-refractivity contribution in [2.75, 3.05) is 18.0 Å². The van der Waals surface area contributed by atoms with Crippen LogP contribution in [-0.4, -0.2) is 24.1 Å². The summed E-state index contributed by atoms with van der Waals surface area (Å²) in [6, 6.07) is 4.48. The lowest BCUT2D eigenvalue weighted by atomic mass is 10.1. The van der Waals surface area contributed by atoms with Gasteiger partial charge in [0.25, 0.3) is 0 Å². The first kappa shape index (κ1) is 11.4. The molecule has 1 aliphatic rings. The highest BCUT2D eigenvalue weighted by atomic mass is 15.2. The topological polar surface area (TPSA) is 42.1 Å². The number of hydrogen-bond acceptors (Lipinski definition) is 3. The van der Waals surface area contributed by atoms with Crippen LogP contribution in [0, 0.1) is 5.92 Å². The van der Waals surface area contributed by atoms with Crippen LogP contribution in [0.3, 0.4) is 0 Å². The zero-order valence-electron chi connectivity index (χ0n) is 10.2. The van der Waals surface area contributed by atoms with Crippen LogP contribution in [-0.2, 0) is 6.42 Å². The van der Waals surface area contributed by atoms with Crippen molar-refractivity contribution in [2.24, 2.45) is 11.7 Å². The highest BCUT2D eigenvalue weighted by molar-refractivity contribution is 5.40. The van der Waals surface area contributed by atoms with Crippen LogP contribution in [0.15, 0.2) is 18.3 Å². The van der Waals surface area contributed by atoms with Crippen molar-refractivity contribution in [1.82, 2.24) is 4.98 Å². The minimum Gasteiger partial charge on any atom is -0.356 e. The van der Waals surface area contributed by atoms with E-state index in [0.29, 0.717) is 0 Å². The van der Waals surface area contributed by atoms with Crippen molar-refractivity contribution in [3.8, 4) is 0 Å². The van der Waals surface area contributed by atoms with E-state index in [1.54, 1.807) is 0 Å². The lowest BCUT2D eigenvalue weighted by Crippen LogP contribution is -2.21. The fraction of sp³-hybridized carbons (Fsp3) is 0.615. The Morgan fingerprint density at radius 1 is 1.56 bits per heavy atom. The van der Waals surface area contributed by atoms with Gasteiger partial charge in [0.15, 0.2) is 0 Å². The number of pyridine rings is 1. The maximum Gasteiger partial charge on any atom is 0.128 e. The normalized spacial score (nSPS) is 22.4. The minimum atomic E-state index is 0.208. The number of hydrogen-bond donors (Lipinski definition) is 1. The van der Waals surface area contributed by atoms with E-state index in [-0.39, 0.29) is 6.04 Å². The Morgan fingerprint density at radius 3 is 2.88 bits per heavy atom. The Kier molecular flexibility index (Phi) is 3.44. The van der Waals surface area contributed by atoms with Gasteiger partial charge in [-0.05, 0) is 37.3 Å². The van der Waals surface area contributed by atoms with Gasteiger partial charge in [-0.25, -0.2) is 4.98 Å². The molecule has 1 aromatic heterocycles. The summed E-state index contributed by atoms with van der Waals surface area (Å²) >= 11 is 0. The predicted octanol–water partition coefficient (Wildman–Crippen LogP) is 1.82. The Morgan fingerprint density at radius 2 is 2.38 bits per heavy atom. The molecule has 2 unspecified atom stereocenters. The molecule has 1 aliphatic heterocycles. The number of nitrogens with zero attached hydrogens (tertiary/aromatic N) is 2. The minimum absolute atomic E-state index is 0.208. The fourth-order valence-electron chi connectivity index (χ4n) is 2.24. The zero-order chi connectivity index (χ0) is 11.5.